The van der Waals surface area contributed by atoms with Crippen molar-refractivity contribution in [3.8, 4) is 10.6 Å². The lowest BCUT2D eigenvalue weighted by atomic mass is 10.2. The SMILES string of the molecule is Cc1ccc(Nc2c(-c3ccc(Cl)s3)nc3ccccn23)cc1. The quantitative estimate of drug-likeness (QED) is 0.513. The molecule has 0 saturated heterocycles. The van der Waals surface area contributed by atoms with Crippen LogP contribution in [0.4, 0.5) is 11.5 Å². The minimum absolute atomic E-state index is 0.762. The molecule has 23 heavy (non-hydrogen) atoms. The first-order chi connectivity index (χ1) is 11.2. The van der Waals surface area contributed by atoms with Crippen LogP contribution in [-0.4, -0.2) is 9.38 Å². The monoisotopic (exact) mass is 339 g/mol. The molecule has 0 radical (unpaired) electrons. The van der Waals surface area contributed by atoms with Crippen molar-refractivity contribution >= 4 is 40.1 Å². The third kappa shape index (κ3) is 2.71. The Morgan fingerprint density at radius 2 is 1.87 bits per heavy atom. The number of hydrogen-bond acceptors (Lipinski definition) is 3. The van der Waals surface area contributed by atoms with Crippen molar-refractivity contribution in [3.63, 3.8) is 0 Å². The summed E-state index contributed by atoms with van der Waals surface area (Å²) in [6.45, 7) is 2.08. The molecule has 0 aliphatic rings. The number of hydrogen-bond donors (Lipinski definition) is 1. The fraction of sp³-hybridized carbons (Fsp3) is 0.0556. The van der Waals surface area contributed by atoms with Gasteiger partial charge in [0.05, 0.1) is 9.21 Å². The molecule has 0 unspecified atom stereocenters. The Kier molecular flexibility index (Phi) is 3.56. The molecule has 0 bridgehead atoms. The Balaban J connectivity index is 1.87. The summed E-state index contributed by atoms with van der Waals surface area (Å²) in [6.07, 6.45) is 2.01. The number of halogens is 1. The van der Waals surface area contributed by atoms with Crippen molar-refractivity contribution in [1.82, 2.24) is 9.38 Å². The van der Waals surface area contributed by atoms with Crippen LogP contribution in [0, 0.1) is 6.92 Å². The highest BCUT2D eigenvalue weighted by Gasteiger charge is 2.15. The number of fused-ring (bicyclic) bond motifs is 1. The van der Waals surface area contributed by atoms with Crippen molar-refractivity contribution in [2.75, 3.05) is 5.32 Å². The standard InChI is InChI=1S/C18H14ClN3S/c1-12-5-7-13(8-6-12)20-18-17(14-9-10-15(19)23-14)21-16-4-2-3-11-22(16)18/h2-11,20H,1H3. The maximum Gasteiger partial charge on any atom is 0.144 e. The molecule has 3 heterocycles. The molecule has 0 saturated carbocycles. The first-order valence-electron chi connectivity index (χ1n) is 7.27. The van der Waals surface area contributed by atoms with Gasteiger partial charge in [0.1, 0.15) is 17.2 Å². The van der Waals surface area contributed by atoms with E-state index in [0.717, 1.165) is 32.1 Å². The zero-order valence-electron chi connectivity index (χ0n) is 12.5. The lowest BCUT2D eigenvalue weighted by Gasteiger charge is -2.08. The molecular weight excluding hydrogens is 326 g/mol. The van der Waals surface area contributed by atoms with Crippen molar-refractivity contribution < 1.29 is 0 Å². The van der Waals surface area contributed by atoms with Gasteiger partial charge in [0.25, 0.3) is 0 Å². The van der Waals surface area contributed by atoms with Crippen LogP contribution in [0.3, 0.4) is 0 Å². The maximum absolute atomic E-state index is 6.10. The molecule has 0 aliphatic heterocycles. The largest absolute Gasteiger partial charge is 0.339 e. The first-order valence-corrected chi connectivity index (χ1v) is 8.47. The molecule has 0 aliphatic carbocycles. The number of nitrogens with one attached hydrogen (secondary N) is 1. The Bertz CT molecular complexity index is 970. The summed E-state index contributed by atoms with van der Waals surface area (Å²) in [6, 6.07) is 18.2. The van der Waals surface area contributed by atoms with Gasteiger partial charge in [-0.15, -0.1) is 11.3 Å². The average molecular weight is 340 g/mol. The maximum atomic E-state index is 6.10. The van der Waals surface area contributed by atoms with E-state index in [1.54, 1.807) is 0 Å². The van der Waals surface area contributed by atoms with Gasteiger partial charge in [-0.3, -0.25) is 4.40 Å². The summed E-state index contributed by atoms with van der Waals surface area (Å²) in [5.74, 6) is 0.947. The summed E-state index contributed by atoms with van der Waals surface area (Å²) in [5, 5.41) is 3.49. The Morgan fingerprint density at radius 1 is 1.04 bits per heavy atom. The van der Waals surface area contributed by atoms with E-state index in [2.05, 4.69) is 40.9 Å². The van der Waals surface area contributed by atoms with Gasteiger partial charge in [0, 0.05) is 11.9 Å². The lowest BCUT2D eigenvalue weighted by molar-refractivity contribution is 1.18. The number of thiophene rings is 1. The van der Waals surface area contributed by atoms with Crippen molar-refractivity contribution in [2.45, 2.75) is 6.92 Å². The van der Waals surface area contributed by atoms with E-state index >= 15 is 0 Å². The summed E-state index contributed by atoms with van der Waals surface area (Å²) >= 11 is 7.64. The normalized spacial score (nSPS) is 11.0. The number of anilines is 2. The van der Waals surface area contributed by atoms with Gasteiger partial charge in [-0.25, -0.2) is 4.98 Å². The first kappa shape index (κ1) is 14.3. The molecule has 0 fully saturated rings. The number of rotatable bonds is 3. The zero-order chi connectivity index (χ0) is 15.8. The lowest BCUT2D eigenvalue weighted by Crippen LogP contribution is -1.96. The van der Waals surface area contributed by atoms with Crippen LogP contribution in [0.25, 0.3) is 16.2 Å². The zero-order valence-corrected chi connectivity index (χ0v) is 14.0. The molecule has 3 nitrogen and oxygen atoms in total. The highest BCUT2D eigenvalue weighted by Crippen LogP contribution is 2.36. The van der Waals surface area contributed by atoms with Gasteiger partial charge in [0.2, 0.25) is 0 Å². The third-order valence-corrected chi connectivity index (χ3v) is 4.89. The Labute approximate surface area is 143 Å². The van der Waals surface area contributed by atoms with Gasteiger partial charge >= 0.3 is 0 Å². The topological polar surface area (TPSA) is 29.3 Å². The van der Waals surface area contributed by atoms with E-state index in [-0.39, 0.29) is 0 Å². The number of pyridine rings is 1. The van der Waals surface area contributed by atoms with Crippen LogP contribution in [0.1, 0.15) is 5.56 Å². The minimum atomic E-state index is 0.762. The third-order valence-electron chi connectivity index (χ3n) is 3.65. The molecular formula is C18H14ClN3S. The van der Waals surface area contributed by atoms with Gasteiger partial charge in [-0.2, -0.15) is 0 Å². The van der Waals surface area contributed by atoms with Crippen molar-refractivity contribution in [2.24, 2.45) is 0 Å². The second-order valence-corrected chi connectivity index (χ2v) is 7.05. The van der Waals surface area contributed by atoms with E-state index in [0.29, 0.717) is 0 Å². The van der Waals surface area contributed by atoms with Crippen molar-refractivity contribution in [1.29, 1.82) is 0 Å². The van der Waals surface area contributed by atoms with E-state index in [4.69, 9.17) is 16.6 Å². The van der Waals surface area contributed by atoms with Crippen LogP contribution in [0.5, 0.6) is 0 Å². The second-order valence-electron chi connectivity index (χ2n) is 5.33. The van der Waals surface area contributed by atoms with Gasteiger partial charge in [-0.05, 0) is 43.3 Å². The number of aryl methyl sites for hydroxylation is 1. The highest BCUT2D eigenvalue weighted by atomic mass is 35.5. The molecule has 0 atom stereocenters. The molecule has 3 aromatic heterocycles. The van der Waals surface area contributed by atoms with Crippen LogP contribution in [0.2, 0.25) is 4.34 Å². The Hall–Kier alpha value is -2.30. The van der Waals surface area contributed by atoms with Crippen LogP contribution in [0.15, 0.2) is 60.8 Å². The number of benzene rings is 1. The molecule has 5 heteroatoms. The van der Waals surface area contributed by atoms with Crippen LogP contribution < -0.4 is 5.32 Å². The van der Waals surface area contributed by atoms with E-state index < -0.39 is 0 Å². The number of nitrogens with zero attached hydrogens (tertiary/aromatic N) is 2. The number of imidazole rings is 1. The predicted octanol–water partition coefficient (Wildman–Crippen LogP) is 5.77. The molecule has 114 valence electrons. The second kappa shape index (κ2) is 5.72. The fourth-order valence-electron chi connectivity index (χ4n) is 2.50. The molecule has 0 amide bonds. The summed E-state index contributed by atoms with van der Waals surface area (Å²) in [7, 11) is 0. The molecule has 1 N–H and O–H groups in total. The minimum Gasteiger partial charge on any atom is -0.339 e. The van der Waals surface area contributed by atoms with Gasteiger partial charge in [-0.1, -0.05) is 35.4 Å². The molecule has 1 aromatic carbocycles. The molecule has 4 aromatic rings. The van der Waals surface area contributed by atoms with E-state index in [1.807, 2.05) is 36.5 Å². The average Bonchev–Trinajstić information content (AvgIpc) is 3.14. The highest BCUT2D eigenvalue weighted by molar-refractivity contribution is 7.19. The number of aromatic nitrogens is 2. The summed E-state index contributed by atoms with van der Waals surface area (Å²) in [4.78, 5) is 5.81. The Morgan fingerprint density at radius 3 is 2.61 bits per heavy atom. The summed E-state index contributed by atoms with van der Waals surface area (Å²) < 4.78 is 2.82. The van der Waals surface area contributed by atoms with Crippen molar-refractivity contribution in [3.05, 3.63) is 70.7 Å². The van der Waals surface area contributed by atoms with Crippen LogP contribution >= 0.6 is 22.9 Å². The smallest absolute Gasteiger partial charge is 0.144 e. The summed E-state index contributed by atoms with van der Waals surface area (Å²) in [5.41, 5.74) is 4.08. The fourth-order valence-corrected chi connectivity index (χ4v) is 3.54. The molecule has 4 rings (SSSR count). The van der Waals surface area contributed by atoms with Gasteiger partial charge in [0.15, 0.2) is 0 Å². The van der Waals surface area contributed by atoms with Gasteiger partial charge < -0.3 is 5.32 Å². The molecule has 0 spiro atoms. The predicted molar refractivity (Wildman–Crippen MR) is 98.0 cm³/mol. The van der Waals surface area contributed by atoms with E-state index in [1.165, 1.54) is 16.9 Å². The van der Waals surface area contributed by atoms with E-state index in [9.17, 15) is 0 Å². The van der Waals surface area contributed by atoms with Crippen LogP contribution in [-0.2, 0) is 0 Å².